The van der Waals surface area contributed by atoms with Gasteiger partial charge >= 0.3 is 0 Å². The number of fused-ring (bicyclic) bond motifs is 1. The van der Waals surface area contributed by atoms with Crippen LogP contribution in [0.3, 0.4) is 0 Å². The Bertz CT molecular complexity index is 1540. The van der Waals surface area contributed by atoms with Gasteiger partial charge in [-0.15, -0.1) is 11.3 Å². The van der Waals surface area contributed by atoms with Crippen molar-refractivity contribution in [2.45, 2.75) is 52.5 Å². The van der Waals surface area contributed by atoms with Gasteiger partial charge in [-0.2, -0.15) is 0 Å². The van der Waals surface area contributed by atoms with E-state index in [1.807, 2.05) is 13.8 Å². The molecular weight excluding hydrogens is 530 g/mol. The third kappa shape index (κ3) is 6.47. The summed E-state index contributed by atoms with van der Waals surface area (Å²) in [6.07, 6.45) is 3.38. The van der Waals surface area contributed by atoms with E-state index in [2.05, 4.69) is 72.8 Å². The number of hydrogen-bond donors (Lipinski definition) is 1. The molecule has 1 atom stereocenters. The molecule has 41 heavy (non-hydrogen) atoms. The predicted molar refractivity (Wildman–Crippen MR) is 173 cm³/mol. The van der Waals surface area contributed by atoms with Crippen LogP contribution >= 0.6 is 11.3 Å². The van der Waals surface area contributed by atoms with Gasteiger partial charge in [-0.3, -0.25) is 4.39 Å². The van der Waals surface area contributed by atoms with Crippen LogP contribution in [0.5, 0.6) is 0 Å². The highest BCUT2D eigenvalue weighted by atomic mass is 32.1. The van der Waals surface area contributed by atoms with Crippen molar-refractivity contribution in [3.8, 4) is 0 Å². The molecule has 0 amide bonds. The molecule has 4 aromatic rings. The van der Waals surface area contributed by atoms with Crippen LogP contribution in [-0.2, 0) is 6.42 Å². The van der Waals surface area contributed by atoms with Gasteiger partial charge in [-0.25, -0.2) is 4.39 Å². The molecule has 1 fully saturated rings. The van der Waals surface area contributed by atoms with Crippen LogP contribution in [0, 0.1) is 19.7 Å². The molecule has 0 saturated carbocycles. The Kier molecular flexibility index (Phi) is 9.06. The molecule has 5 heteroatoms. The summed E-state index contributed by atoms with van der Waals surface area (Å²) < 4.78 is 27.9. The highest BCUT2D eigenvalue weighted by Gasteiger charge is 2.22. The largest absolute Gasteiger partial charge is 0.381 e. The first kappa shape index (κ1) is 29.2. The number of anilines is 1. The zero-order valence-electron chi connectivity index (χ0n) is 24.5. The molecule has 0 bridgehead atoms. The minimum Gasteiger partial charge on any atom is -0.381 e. The molecular formula is C36H40F2N2S. The van der Waals surface area contributed by atoms with Crippen molar-refractivity contribution in [2.24, 2.45) is 0 Å². The molecule has 5 rings (SSSR count). The Hall–Kier alpha value is -3.28. The number of rotatable bonds is 11. The molecule has 214 valence electrons. The minimum absolute atomic E-state index is 0.213. The van der Waals surface area contributed by atoms with Crippen LogP contribution in [0.1, 0.15) is 64.4 Å². The summed E-state index contributed by atoms with van der Waals surface area (Å²) in [4.78, 5) is 3.49. The maximum atomic E-state index is 14.1. The van der Waals surface area contributed by atoms with E-state index >= 15 is 0 Å². The second-order valence-electron chi connectivity index (χ2n) is 11.3. The average molecular weight is 571 g/mol. The summed E-state index contributed by atoms with van der Waals surface area (Å²) in [6, 6.07) is 19.0. The molecule has 2 nitrogen and oxygen atoms in total. The fraction of sp³-hybridized carbons (Fsp3) is 0.333. The summed E-state index contributed by atoms with van der Waals surface area (Å²) in [5.74, 6) is -0.213. The number of nitrogens with zero attached hydrogens (tertiary/aromatic N) is 1. The Morgan fingerprint density at radius 1 is 1.05 bits per heavy atom. The number of hydrogen-bond acceptors (Lipinski definition) is 3. The SMILES string of the molecule is C=C(CC)c1ccc2c(Cc3ccc(N[C@H]4CCN(CCCF)C4)cc3)c(C(=C)c3c(C)cc(F)cc3C)sc2c1. The Morgan fingerprint density at radius 2 is 1.78 bits per heavy atom. The molecule has 0 unspecified atom stereocenters. The molecule has 0 spiro atoms. The number of likely N-dealkylation sites (tertiary alicyclic amines) is 1. The van der Waals surface area contributed by atoms with E-state index < -0.39 is 0 Å². The molecule has 0 aliphatic carbocycles. The van der Waals surface area contributed by atoms with E-state index in [1.165, 1.54) is 26.8 Å². The summed E-state index contributed by atoms with van der Waals surface area (Å²) in [5.41, 5.74) is 9.68. The normalized spacial score (nSPS) is 15.5. The molecule has 1 saturated heterocycles. The summed E-state index contributed by atoms with van der Waals surface area (Å²) in [5, 5.41) is 4.90. The standard InChI is InChI=1S/C36H40F2N2S/c1-6-23(2)28-10-13-32-33(36(41-34(32)21-28)26(5)35-24(3)18-29(38)19-25(35)4)20-27-8-11-30(12-9-27)39-31-14-17-40(22-31)16-7-15-37/h8-13,18-19,21,31,39H,2,5-7,14-17,20,22H2,1,3-4H3/t31-/m0/s1. The topological polar surface area (TPSA) is 15.3 Å². The van der Waals surface area contributed by atoms with Crippen molar-refractivity contribution in [2.75, 3.05) is 31.6 Å². The van der Waals surface area contributed by atoms with Crippen molar-refractivity contribution in [1.29, 1.82) is 0 Å². The third-order valence-electron chi connectivity index (χ3n) is 8.29. The molecule has 0 radical (unpaired) electrons. The van der Waals surface area contributed by atoms with Crippen LogP contribution in [0.2, 0.25) is 0 Å². The summed E-state index contributed by atoms with van der Waals surface area (Å²) in [7, 11) is 0. The number of alkyl halides is 1. The van der Waals surface area contributed by atoms with Gasteiger partial charge in [0.1, 0.15) is 5.82 Å². The maximum Gasteiger partial charge on any atom is 0.123 e. The predicted octanol–water partition coefficient (Wildman–Crippen LogP) is 9.58. The summed E-state index contributed by atoms with van der Waals surface area (Å²) in [6.45, 7) is 17.4. The lowest BCUT2D eigenvalue weighted by atomic mass is 9.91. The fourth-order valence-corrected chi connectivity index (χ4v) is 7.33. The molecule has 2 heterocycles. The lowest BCUT2D eigenvalue weighted by Gasteiger charge is -2.17. The monoisotopic (exact) mass is 570 g/mol. The lowest BCUT2D eigenvalue weighted by Crippen LogP contribution is -2.27. The van der Waals surface area contributed by atoms with E-state index in [1.54, 1.807) is 23.5 Å². The van der Waals surface area contributed by atoms with Gasteiger partial charge in [-0.1, -0.05) is 44.3 Å². The fourth-order valence-electron chi connectivity index (χ4n) is 6.09. The van der Waals surface area contributed by atoms with Crippen LogP contribution in [0.4, 0.5) is 14.5 Å². The average Bonchev–Trinajstić information content (AvgIpc) is 3.55. The molecule has 1 aromatic heterocycles. The minimum atomic E-state index is -0.247. The molecule has 1 N–H and O–H groups in total. The smallest absolute Gasteiger partial charge is 0.123 e. The number of thiophene rings is 1. The van der Waals surface area contributed by atoms with E-state index in [0.717, 1.165) is 77.3 Å². The van der Waals surface area contributed by atoms with Gasteiger partial charge in [-0.05, 0) is 120 Å². The number of allylic oxidation sites excluding steroid dienone is 1. The van der Waals surface area contributed by atoms with Crippen molar-refractivity contribution in [1.82, 2.24) is 4.90 Å². The van der Waals surface area contributed by atoms with Crippen LogP contribution in [-0.4, -0.2) is 37.3 Å². The highest BCUT2D eigenvalue weighted by molar-refractivity contribution is 7.20. The first-order chi connectivity index (χ1) is 19.8. The Morgan fingerprint density at radius 3 is 2.46 bits per heavy atom. The van der Waals surface area contributed by atoms with Crippen LogP contribution in [0.25, 0.3) is 21.2 Å². The maximum absolute atomic E-state index is 14.1. The van der Waals surface area contributed by atoms with E-state index in [9.17, 15) is 8.78 Å². The van der Waals surface area contributed by atoms with Crippen molar-refractivity contribution >= 4 is 38.3 Å². The molecule has 1 aliphatic rings. The second kappa shape index (κ2) is 12.7. The van der Waals surface area contributed by atoms with E-state index in [-0.39, 0.29) is 12.5 Å². The summed E-state index contributed by atoms with van der Waals surface area (Å²) >= 11 is 1.77. The third-order valence-corrected chi connectivity index (χ3v) is 9.54. The number of halogens is 2. The van der Waals surface area contributed by atoms with Gasteiger partial charge in [0.25, 0.3) is 0 Å². The molecule has 3 aromatic carbocycles. The van der Waals surface area contributed by atoms with Crippen molar-refractivity contribution in [3.05, 3.63) is 112 Å². The van der Waals surface area contributed by atoms with Gasteiger partial charge in [0, 0.05) is 40.9 Å². The first-order valence-electron chi connectivity index (χ1n) is 14.6. The second-order valence-corrected chi connectivity index (χ2v) is 12.4. The van der Waals surface area contributed by atoms with E-state index in [4.69, 9.17) is 0 Å². The van der Waals surface area contributed by atoms with Crippen molar-refractivity contribution < 1.29 is 8.78 Å². The molecule has 1 aliphatic heterocycles. The lowest BCUT2D eigenvalue weighted by molar-refractivity contribution is 0.310. The van der Waals surface area contributed by atoms with Gasteiger partial charge in [0.15, 0.2) is 0 Å². The highest BCUT2D eigenvalue weighted by Crippen LogP contribution is 2.41. The number of nitrogens with one attached hydrogen (secondary N) is 1. The first-order valence-corrected chi connectivity index (χ1v) is 15.4. The van der Waals surface area contributed by atoms with E-state index in [0.29, 0.717) is 12.5 Å². The van der Waals surface area contributed by atoms with Crippen LogP contribution < -0.4 is 5.32 Å². The Labute approximate surface area is 247 Å². The van der Waals surface area contributed by atoms with Crippen molar-refractivity contribution in [3.63, 3.8) is 0 Å². The quantitative estimate of drug-likeness (QED) is 0.193. The van der Waals surface area contributed by atoms with Crippen LogP contribution in [0.15, 0.2) is 67.8 Å². The zero-order valence-corrected chi connectivity index (χ0v) is 25.3. The van der Waals surface area contributed by atoms with Gasteiger partial charge in [0.05, 0.1) is 6.67 Å². The van der Waals surface area contributed by atoms with Gasteiger partial charge in [0.2, 0.25) is 0 Å². The number of aryl methyl sites for hydroxylation is 2. The van der Waals surface area contributed by atoms with Gasteiger partial charge < -0.3 is 10.2 Å². The number of benzene rings is 3. The Balaban J connectivity index is 1.44. The zero-order chi connectivity index (χ0) is 29.1.